The summed E-state index contributed by atoms with van der Waals surface area (Å²) in [4.78, 5) is 16.9. The van der Waals surface area contributed by atoms with Crippen molar-refractivity contribution < 1.29 is 4.79 Å². The van der Waals surface area contributed by atoms with Crippen molar-refractivity contribution in [3.63, 3.8) is 0 Å². The fourth-order valence-electron chi connectivity index (χ4n) is 3.32. The summed E-state index contributed by atoms with van der Waals surface area (Å²) in [5, 5.41) is 0. The van der Waals surface area contributed by atoms with Gasteiger partial charge in [0.05, 0.1) is 6.54 Å². The molecule has 2 heterocycles. The third kappa shape index (κ3) is 3.25. The van der Waals surface area contributed by atoms with Crippen LogP contribution in [0.5, 0.6) is 0 Å². The molecule has 0 bridgehead atoms. The van der Waals surface area contributed by atoms with E-state index in [4.69, 9.17) is 0 Å². The molecule has 3 heteroatoms. The van der Waals surface area contributed by atoms with Crippen molar-refractivity contribution in [2.24, 2.45) is 11.8 Å². The van der Waals surface area contributed by atoms with Crippen molar-refractivity contribution in [3.8, 4) is 0 Å². The molecule has 18 heavy (non-hydrogen) atoms. The average molecular weight is 252 g/mol. The van der Waals surface area contributed by atoms with Gasteiger partial charge in [-0.1, -0.05) is 20.3 Å². The second-order valence-electron chi connectivity index (χ2n) is 6.38. The van der Waals surface area contributed by atoms with E-state index in [0.717, 1.165) is 31.5 Å². The Morgan fingerprint density at radius 2 is 1.94 bits per heavy atom. The van der Waals surface area contributed by atoms with Gasteiger partial charge in [0.15, 0.2) is 0 Å². The second kappa shape index (κ2) is 6.05. The van der Waals surface area contributed by atoms with Crippen LogP contribution in [0.2, 0.25) is 0 Å². The van der Waals surface area contributed by atoms with Gasteiger partial charge < -0.3 is 4.90 Å². The molecular formula is C15H28N2O. The van der Waals surface area contributed by atoms with Crippen LogP contribution >= 0.6 is 0 Å². The predicted molar refractivity (Wildman–Crippen MR) is 74.4 cm³/mol. The van der Waals surface area contributed by atoms with Crippen LogP contribution in [0.15, 0.2) is 0 Å². The first-order chi connectivity index (χ1) is 8.60. The molecule has 0 N–H and O–H groups in total. The van der Waals surface area contributed by atoms with E-state index in [1.54, 1.807) is 0 Å². The number of amides is 1. The lowest BCUT2D eigenvalue weighted by Gasteiger charge is -2.38. The third-order valence-corrected chi connectivity index (χ3v) is 4.74. The Hall–Kier alpha value is -0.570. The van der Waals surface area contributed by atoms with E-state index in [-0.39, 0.29) is 0 Å². The Morgan fingerprint density at radius 1 is 1.17 bits per heavy atom. The highest BCUT2D eigenvalue weighted by molar-refractivity contribution is 5.78. The highest BCUT2D eigenvalue weighted by Crippen LogP contribution is 2.24. The molecule has 0 aromatic carbocycles. The first-order valence-electron chi connectivity index (χ1n) is 7.62. The smallest absolute Gasteiger partial charge is 0.236 e. The zero-order valence-corrected chi connectivity index (χ0v) is 12.2. The maximum absolute atomic E-state index is 12.4. The minimum Gasteiger partial charge on any atom is -0.339 e. The standard InChI is InChI=1S/C15H28N2O/c1-4-14-6-5-13(3)17(10-14)15(18)11-16-8-7-12(2)9-16/h12-14H,4-11H2,1-3H3/t12?,13-,14-/m1/s1. The minimum atomic E-state index is 0.356. The maximum atomic E-state index is 12.4. The third-order valence-electron chi connectivity index (χ3n) is 4.74. The topological polar surface area (TPSA) is 23.6 Å². The normalized spacial score (nSPS) is 33.9. The van der Waals surface area contributed by atoms with Crippen molar-refractivity contribution in [3.05, 3.63) is 0 Å². The van der Waals surface area contributed by atoms with Gasteiger partial charge in [-0.15, -0.1) is 0 Å². The molecule has 0 saturated carbocycles. The van der Waals surface area contributed by atoms with E-state index in [2.05, 4.69) is 30.6 Å². The van der Waals surface area contributed by atoms with Gasteiger partial charge in [0.2, 0.25) is 5.91 Å². The SMILES string of the molecule is CC[C@@H]1CC[C@@H](C)N(C(=O)CN2CCC(C)C2)C1. The summed E-state index contributed by atoms with van der Waals surface area (Å²) in [6, 6.07) is 0.445. The van der Waals surface area contributed by atoms with Crippen LogP contribution in [-0.2, 0) is 4.79 Å². The molecule has 2 rings (SSSR count). The first-order valence-corrected chi connectivity index (χ1v) is 7.62. The molecule has 0 aromatic rings. The summed E-state index contributed by atoms with van der Waals surface area (Å²) in [6.07, 6.45) is 4.93. The molecule has 1 amide bonds. The summed E-state index contributed by atoms with van der Waals surface area (Å²) >= 11 is 0. The lowest BCUT2D eigenvalue weighted by Crippen LogP contribution is -2.49. The summed E-state index contributed by atoms with van der Waals surface area (Å²) in [5.74, 6) is 1.84. The number of likely N-dealkylation sites (tertiary alicyclic amines) is 2. The van der Waals surface area contributed by atoms with Crippen LogP contribution in [0, 0.1) is 11.8 Å². The molecule has 3 nitrogen and oxygen atoms in total. The number of carbonyl (C=O) groups is 1. The van der Waals surface area contributed by atoms with E-state index in [9.17, 15) is 4.79 Å². The van der Waals surface area contributed by atoms with Crippen LogP contribution in [0.3, 0.4) is 0 Å². The Labute approximate surface area is 112 Å². The molecule has 2 fully saturated rings. The fraction of sp³-hybridized carbons (Fsp3) is 0.933. The molecule has 104 valence electrons. The first kappa shape index (κ1) is 13.9. The van der Waals surface area contributed by atoms with Crippen LogP contribution < -0.4 is 0 Å². The van der Waals surface area contributed by atoms with Crippen LogP contribution in [0.1, 0.15) is 46.5 Å². The Morgan fingerprint density at radius 3 is 2.56 bits per heavy atom. The molecule has 1 unspecified atom stereocenters. The van der Waals surface area contributed by atoms with Gasteiger partial charge in [0, 0.05) is 19.1 Å². The fourth-order valence-corrected chi connectivity index (χ4v) is 3.32. The average Bonchev–Trinajstić information content (AvgIpc) is 2.75. The quantitative estimate of drug-likeness (QED) is 0.770. The number of carbonyl (C=O) groups excluding carboxylic acids is 1. The lowest BCUT2D eigenvalue weighted by molar-refractivity contribution is -0.136. The van der Waals surface area contributed by atoms with Gasteiger partial charge in [-0.3, -0.25) is 9.69 Å². The number of hydrogen-bond donors (Lipinski definition) is 0. The summed E-state index contributed by atoms with van der Waals surface area (Å²) in [6.45, 7) is 10.6. The Kier molecular flexibility index (Phi) is 4.66. The molecule has 0 aromatic heterocycles. The van der Waals surface area contributed by atoms with Gasteiger partial charge in [0.25, 0.3) is 0 Å². The lowest BCUT2D eigenvalue weighted by atomic mass is 9.91. The second-order valence-corrected chi connectivity index (χ2v) is 6.38. The van der Waals surface area contributed by atoms with Crippen molar-refractivity contribution in [2.75, 3.05) is 26.2 Å². The maximum Gasteiger partial charge on any atom is 0.236 e. The Bertz CT molecular complexity index is 292. The molecule has 0 spiro atoms. The zero-order valence-electron chi connectivity index (χ0n) is 12.2. The molecule has 0 aliphatic carbocycles. The van der Waals surface area contributed by atoms with Crippen LogP contribution in [0.4, 0.5) is 0 Å². The molecular weight excluding hydrogens is 224 g/mol. The van der Waals surface area contributed by atoms with Crippen LogP contribution in [0.25, 0.3) is 0 Å². The van der Waals surface area contributed by atoms with Crippen LogP contribution in [-0.4, -0.2) is 47.9 Å². The summed E-state index contributed by atoms with van der Waals surface area (Å²) in [7, 11) is 0. The number of nitrogens with zero attached hydrogens (tertiary/aromatic N) is 2. The van der Waals surface area contributed by atoms with E-state index < -0.39 is 0 Å². The van der Waals surface area contributed by atoms with E-state index in [0.29, 0.717) is 18.5 Å². The van der Waals surface area contributed by atoms with Gasteiger partial charge in [0.1, 0.15) is 0 Å². The highest BCUT2D eigenvalue weighted by Gasteiger charge is 2.30. The van der Waals surface area contributed by atoms with Gasteiger partial charge in [-0.05, 0) is 44.6 Å². The largest absolute Gasteiger partial charge is 0.339 e. The molecule has 2 aliphatic rings. The molecule has 0 radical (unpaired) electrons. The Balaban J connectivity index is 1.86. The molecule has 2 aliphatic heterocycles. The number of hydrogen-bond acceptors (Lipinski definition) is 2. The van der Waals surface area contributed by atoms with Gasteiger partial charge >= 0.3 is 0 Å². The van der Waals surface area contributed by atoms with Gasteiger partial charge in [-0.25, -0.2) is 0 Å². The van der Waals surface area contributed by atoms with E-state index in [1.165, 1.54) is 25.7 Å². The zero-order chi connectivity index (χ0) is 13.1. The number of rotatable bonds is 3. The predicted octanol–water partition coefficient (Wildman–Crippen LogP) is 2.37. The minimum absolute atomic E-state index is 0.356. The van der Waals surface area contributed by atoms with E-state index >= 15 is 0 Å². The van der Waals surface area contributed by atoms with E-state index in [1.807, 2.05) is 0 Å². The molecule has 3 atom stereocenters. The highest BCUT2D eigenvalue weighted by atomic mass is 16.2. The monoisotopic (exact) mass is 252 g/mol. The van der Waals surface area contributed by atoms with Gasteiger partial charge in [-0.2, -0.15) is 0 Å². The molecule has 2 saturated heterocycles. The van der Waals surface area contributed by atoms with Crippen molar-refractivity contribution >= 4 is 5.91 Å². The van der Waals surface area contributed by atoms with Crippen molar-refractivity contribution in [1.29, 1.82) is 0 Å². The van der Waals surface area contributed by atoms with Crippen molar-refractivity contribution in [2.45, 2.75) is 52.5 Å². The van der Waals surface area contributed by atoms with Crippen molar-refractivity contribution in [1.82, 2.24) is 9.80 Å². The summed E-state index contributed by atoms with van der Waals surface area (Å²) in [5.41, 5.74) is 0. The summed E-state index contributed by atoms with van der Waals surface area (Å²) < 4.78 is 0. The number of piperidine rings is 1.